The molecule has 0 aliphatic carbocycles. The molecule has 0 fully saturated rings. The zero-order valence-corrected chi connectivity index (χ0v) is 10.4. The van der Waals surface area contributed by atoms with E-state index < -0.39 is 0 Å². The molecule has 0 bridgehead atoms. The van der Waals surface area contributed by atoms with E-state index in [4.69, 9.17) is 22.2 Å². The SMILES string of the molecule is [Co].[Co].[NH-]O.[NH-]O.[cH-]1[cH-][cH-][cH-][cH-]1.c1cc[cH-]c1. The standard InChI is InChI=1S/2C5H5.2Co.2H2NO/c2*1-2-4-5-3-1;;;2*1-2/h2*1-5H;;;2*1-2H/q-5;-1;;;2*-1. The van der Waals surface area contributed by atoms with E-state index in [9.17, 15) is 0 Å². The molecule has 16 heavy (non-hydrogen) atoms. The Bertz CT molecular complexity index is 164. The van der Waals surface area contributed by atoms with Crippen LogP contribution in [0.1, 0.15) is 0 Å². The predicted octanol–water partition coefficient (Wildman–Crippen LogP) is 3.66. The van der Waals surface area contributed by atoms with Gasteiger partial charge in [0.15, 0.2) is 0 Å². The molecule has 0 unspecified atom stereocenters. The van der Waals surface area contributed by atoms with Crippen LogP contribution in [0.2, 0.25) is 0 Å². The Kier molecular flexibility index (Phi) is 45.2. The first-order chi connectivity index (χ1) is 7.00. The molecule has 4 N–H and O–H groups in total. The molecule has 0 aromatic heterocycles. The van der Waals surface area contributed by atoms with E-state index in [0.717, 1.165) is 0 Å². The van der Waals surface area contributed by atoms with Gasteiger partial charge in [-0.15, -0.1) is 0 Å². The first-order valence-electron chi connectivity index (χ1n) is 3.78. The minimum absolute atomic E-state index is 0. The van der Waals surface area contributed by atoms with Gasteiger partial charge in [-0.05, 0) is 0 Å². The Morgan fingerprint density at radius 1 is 0.625 bits per heavy atom. The van der Waals surface area contributed by atoms with Crippen LogP contribution in [0.3, 0.4) is 0 Å². The zero-order valence-electron chi connectivity index (χ0n) is 8.33. The van der Waals surface area contributed by atoms with Crippen molar-refractivity contribution < 1.29 is 44.0 Å². The number of nitrogens with one attached hydrogen (secondary N) is 2. The van der Waals surface area contributed by atoms with E-state index in [0.29, 0.717) is 0 Å². The molecular weight excluding hydrogens is 298 g/mol. The summed E-state index contributed by atoms with van der Waals surface area (Å²) < 4.78 is 0. The van der Waals surface area contributed by atoms with E-state index in [1.165, 1.54) is 0 Å². The third-order valence-corrected chi connectivity index (χ3v) is 1.11. The third-order valence-electron chi connectivity index (χ3n) is 1.11. The van der Waals surface area contributed by atoms with Crippen LogP contribution in [-0.4, -0.2) is 10.4 Å². The largest absolute Gasteiger partial charge is 0.748 e. The first-order valence-corrected chi connectivity index (χ1v) is 3.78. The van der Waals surface area contributed by atoms with Crippen molar-refractivity contribution in [2.45, 2.75) is 0 Å². The third kappa shape index (κ3) is 23.4. The first kappa shape index (κ1) is 24.7. The van der Waals surface area contributed by atoms with Crippen LogP contribution in [0.15, 0.2) is 60.7 Å². The Hall–Kier alpha value is -0.447. The number of hydrogen-bond donors (Lipinski definition) is 2. The molecule has 6 heteroatoms. The minimum Gasteiger partial charge on any atom is -0.748 e. The summed E-state index contributed by atoms with van der Waals surface area (Å²) in [6.45, 7) is 0. The van der Waals surface area contributed by atoms with E-state index in [2.05, 4.69) is 0 Å². The van der Waals surface area contributed by atoms with Crippen LogP contribution < -0.4 is 0 Å². The summed E-state index contributed by atoms with van der Waals surface area (Å²) in [5.41, 5.74) is 0. The fourth-order valence-corrected chi connectivity index (χ4v) is 0.642. The second kappa shape index (κ2) is 29.3. The molecule has 4 nitrogen and oxygen atoms in total. The van der Waals surface area contributed by atoms with Crippen LogP contribution in [0, 0.1) is 0 Å². The number of hydrogen-bond acceptors (Lipinski definition) is 2. The molecule has 0 aliphatic rings. The normalized spacial score (nSPS) is 5.75. The molecular formula is C10H14Co2N2O2-8. The van der Waals surface area contributed by atoms with Crippen molar-refractivity contribution in [3.63, 3.8) is 0 Å². The molecule has 0 spiro atoms. The smallest absolute Gasteiger partial charge is 0 e. The van der Waals surface area contributed by atoms with E-state index in [1.807, 2.05) is 60.7 Å². The van der Waals surface area contributed by atoms with Gasteiger partial charge in [0.25, 0.3) is 0 Å². The van der Waals surface area contributed by atoms with Gasteiger partial charge < -0.3 is 52.5 Å². The van der Waals surface area contributed by atoms with E-state index >= 15 is 0 Å². The molecule has 2 radical (unpaired) electrons. The molecule has 2 rings (SSSR count). The molecule has 2 aromatic carbocycles. The second-order valence-corrected chi connectivity index (χ2v) is 1.92. The van der Waals surface area contributed by atoms with Crippen LogP contribution in [0.5, 0.6) is 0 Å². The van der Waals surface area contributed by atoms with Crippen molar-refractivity contribution in [2.24, 2.45) is 0 Å². The Balaban J connectivity index is -0.0000000631. The summed E-state index contributed by atoms with van der Waals surface area (Å²) in [7, 11) is 0. The van der Waals surface area contributed by atoms with Crippen molar-refractivity contribution in [1.29, 1.82) is 0 Å². The van der Waals surface area contributed by atoms with Crippen LogP contribution in [-0.2, 0) is 33.6 Å². The summed E-state index contributed by atoms with van der Waals surface area (Å²) in [4.78, 5) is 0. The van der Waals surface area contributed by atoms with Gasteiger partial charge in [-0.2, -0.15) is 18.2 Å². The van der Waals surface area contributed by atoms with Gasteiger partial charge in [-0.1, -0.05) is 0 Å². The Morgan fingerprint density at radius 2 is 0.875 bits per heavy atom. The van der Waals surface area contributed by atoms with Crippen molar-refractivity contribution >= 4 is 0 Å². The fourth-order valence-electron chi connectivity index (χ4n) is 0.642. The van der Waals surface area contributed by atoms with Crippen molar-refractivity contribution in [3.05, 3.63) is 72.5 Å². The molecule has 0 heterocycles. The summed E-state index contributed by atoms with van der Waals surface area (Å²) in [5, 5.41) is 12.5. The average molecular weight is 312 g/mol. The van der Waals surface area contributed by atoms with Gasteiger partial charge in [0.05, 0.1) is 0 Å². The maximum absolute atomic E-state index is 6.25. The number of rotatable bonds is 0. The van der Waals surface area contributed by atoms with Gasteiger partial charge >= 0.3 is 0 Å². The maximum Gasteiger partial charge on any atom is 0 e. The maximum atomic E-state index is 6.25. The quantitative estimate of drug-likeness (QED) is 0.574. The molecule has 102 valence electrons. The summed E-state index contributed by atoms with van der Waals surface area (Å²) >= 11 is 0. The topological polar surface area (TPSA) is 88.1 Å². The van der Waals surface area contributed by atoms with Gasteiger partial charge in [0, 0.05) is 33.6 Å². The summed E-state index contributed by atoms with van der Waals surface area (Å²) in [5.74, 6) is 9.50. The average Bonchev–Trinajstić information content (AvgIpc) is 3.01. The van der Waals surface area contributed by atoms with Gasteiger partial charge in [-0.25, -0.2) is 12.1 Å². The van der Waals surface area contributed by atoms with Crippen molar-refractivity contribution in [3.8, 4) is 0 Å². The molecule has 2 aromatic rings. The molecule has 0 saturated heterocycles. The molecule has 0 aliphatic heterocycles. The minimum atomic E-state index is 0. The molecule has 0 saturated carbocycles. The van der Waals surface area contributed by atoms with Gasteiger partial charge in [0.1, 0.15) is 0 Å². The van der Waals surface area contributed by atoms with E-state index in [-0.39, 0.29) is 33.6 Å². The van der Waals surface area contributed by atoms with Crippen LogP contribution in [0.4, 0.5) is 0 Å². The molecule has 0 atom stereocenters. The molecule has 0 amide bonds. The van der Waals surface area contributed by atoms with Crippen LogP contribution in [0.25, 0.3) is 11.8 Å². The Labute approximate surface area is 116 Å². The Morgan fingerprint density at radius 3 is 1.00 bits per heavy atom. The van der Waals surface area contributed by atoms with E-state index in [1.54, 1.807) is 0 Å². The summed E-state index contributed by atoms with van der Waals surface area (Å²) in [6.07, 6.45) is 0. The van der Waals surface area contributed by atoms with Crippen LogP contribution >= 0.6 is 0 Å². The monoisotopic (exact) mass is 312 g/mol. The van der Waals surface area contributed by atoms with Gasteiger partial charge in [-0.3, -0.25) is 0 Å². The van der Waals surface area contributed by atoms with Gasteiger partial charge in [0.2, 0.25) is 0 Å². The summed E-state index contributed by atoms with van der Waals surface area (Å²) in [6, 6.07) is 20.0. The fraction of sp³-hybridized carbons (Fsp3) is 0. The van der Waals surface area contributed by atoms with Crippen molar-refractivity contribution in [1.82, 2.24) is 0 Å². The predicted molar refractivity (Wildman–Crippen MR) is 56.3 cm³/mol. The second-order valence-electron chi connectivity index (χ2n) is 1.92. The van der Waals surface area contributed by atoms with Crippen molar-refractivity contribution in [2.75, 3.05) is 0 Å². The zero-order chi connectivity index (χ0) is 11.1.